The zero-order valence-corrected chi connectivity index (χ0v) is 25.4. The third-order valence-electron chi connectivity index (χ3n) is 5.78. The van der Waals surface area contributed by atoms with Crippen LogP contribution in [0.3, 0.4) is 0 Å². The van der Waals surface area contributed by atoms with E-state index in [0.29, 0.717) is 36.9 Å². The van der Waals surface area contributed by atoms with Crippen molar-refractivity contribution >= 4 is 51.4 Å². The van der Waals surface area contributed by atoms with E-state index in [4.69, 9.17) is 25.8 Å². The zero-order chi connectivity index (χ0) is 30.2. The molecule has 0 spiro atoms. The smallest absolute Gasteiger partial charge is 0.349 e. The van der Waals surface area contributed by atoms with Gasteiger partial charge in [-0.05, 0) is 57.0 Å². The molecule has 0 aliphatic rings. The number of rotatable bonds is 17. The highest BCUT2D eigenvalue weighted by Gasteiger charge is 2.19. The number of benzene rings is 1. The van der Waals surface area contributed by atoms with Crippen molar-refractivity contribution in [3.05, 3.63) is 44.8 Å². The molecule has 1 aromatic heterocycles. The van der Waals surface area contributed by atoms with Gasteiger partial charge in [-0.3, -0.25) is 0 Å². The largest absolute Gasteiger partial charge is 0.459 e. The molecule has 0 fully saturated rings. The molecule has 2 aromatic rings. The average Bonchev–Trinajstić information content (AvgIpc) is 3.26. The minimum atomic E-state index is -0.825. The number of azo groups is 1. The normalized spacial score (nSPS) is 11.6. The number of anilines is 1. The number of nitrogens with zero attached hydrogens (tertiary/aromatic N) is 5. The summed E-state index contributed by atoms with van der Waals surface area (Å²) in [6.45, 7) is 10.3. The predicted molar refractivity (Wildman–Crippen MR) is 160 cm³/mol. The number of ether oxygens (including phenoxy) is 3. The number of aliphatic hydroxyl groups is 1. The fourth-order valence-corrected chi connectivity index (χ4v) is 4.87. The molecule has 41 heavy (non-hydrogen) atoms. The Kier molecular flexibility index (Phi) is 15.0. The summed E-state index contributed by atoms with van der Waals surface area (Å²) in [7, 11) is 0. The molecule has 1 heterocycles. The maximum atomic E-state index is 12.4. The van der Waals surface area contributed by atoms with Gasteiger partial charge in [-0.15, -0.1) is 21.6 Å². The summed E-state index contributed by atoms with van der Waals surface area (Å²) in [5, 5.41) is 37.4. The predicted octanol–water partition coefficient (Wildman–Crippen LogP) is 6.49. The molecule has 0 unspecified atom stereocenters. The lowest BCUT2D eigenvalue weighted by molar-refractivity contribution is -0.140. The van der Waals surface area contributed by atoms with E-state index in [1.807, 2.05) is 51.1 Å². The number of esters is 1. The number of aliphatic hydroxyl groups excluding tert-OH is 1. The molecule has 0 aliphatic carbocycles. The van der Waals surface area contributed by atoms with Crippen molar-refractivity contribution in [2.45, 2.75) is 46.6 Å². The van der Waals surface area contributed by atoms with Gasteiger partial charge in [0.1, 0.15) is 29.9 Å². The molecule has 220 valence electrons. The fourth-order valence-electron chi connectivity index (χ4n) is 3.61. The summed E-state index contributed by atoms with van der Waals surface area (Å²) in [4.78, 5) is 14.8. The van der Waals surface area contributed by atoms with Crippen molar-refractivity contribution < 1.29 is 24.1 Å². The summed E-state index contributed by atoms with van der Waals surface area (Å²) < 4.78 is 15.9. The van der Waals surface area contributed by atoms with Crippen LogP contribution < -0.4 is 4.90 Å². The van der Waals surface area contributed by atoms with Crippen LogP contribution in [0.4, 0.5) is 16.4 Å². The minimum Gasteiger partial charge on any atom is -0.459 e. The van der Waals surface area contributed by atoms with Gasteiger partial charge < -0.3 is 24.2 Å². The van der Waals surface area contributed by atoms with Crippen LogP contribution >= 0.6 is 22.9 Å². The van der Waals surface area contributed by atoms with Gasteiger partial charge in [-0.25, -0.2) is 4.79 Å². The van der Waals surface area contributed by atoms with Gasteiger partial charge in [0.25, 0.3) is 0 Å². The first-order chi connectivity index (χ1) is 19.8. The van der Waals surface area contributed by atoms with Crippen LogP contribution in [0, 0.1) is 29.6 Å². The van der Waals surface area contributed by atoms with E-state index in [9.17, 15) is 20.4 Å². The maximum Gasteiger partial charge on any atom is 0.349 e. The number of carbonyl (C=O) groups is 1. The Labute approximate surface area is 250 Å². The lowest BCUT2D eigenvalue weighted by atomic mass is 10.1. The minimum absolute atomic E-state index is 0.0268. The second kappa shape index (κ2) is 18.2. The number of unbranched alkanes of at least 4 members (excludes halogenated alkanes) is 1. The molecule has 12 heteroatoms. The Morgan fingerprint density at radius 3 is 2.49 bits per heavy atom. The lowest BCUT2D eigenvalue weighted by Crippen LogP contribution is -2.33. The second-order valence-corrected chi connectivity index (χ2v) is 10.5. The molecular weight excluding hydrogens is 566 g/mol. The van der Waals surface area contributed by atoms with E-state index < -0.39 is 5.97 Å². The standard InChI is InChI=1S/C29H36ClN5O5S/c1-5-6-11-38-12-13-39-14-15-40-29(37)22(18-31)17-26-27(30)24(19-32)28(41-26)34-33-25-8-7-23(16-21(25)4)35(9-10-36)20(2)3/h7-8,16-17,20,36H,5-6,9-15H2,1-4H3/b22-17+,34-33+. The van der Waals surface area contributed by atoms with Crippen LogP contribution in [-0.4, -0.2) is 63.3 Å². The molecule has 0 radical (unpaired) electrons. The average molecular weight is 602 g/mol. The van der Waals surface area contributed by atoms with Gasteiger partial charge in [0.2, 0.25) is 0 Å². The van der Waals surface area contributed by atoms with E-state index >= 15 is 0 Å². The van der Waals surface area contributed by atoms with Crippen LogP contribution in [-0.2, 0) is 19.0 Å². The summed E-state index contributed by atoms with van der Waals surface area (Å²) in [5.74, 6) is -0.825. The summed E-state index contributed by atoms with van der Waals surface area (Å²) in [5.41, 5.74) is 2.23. The molecule has 0 amide bonds. The number of aryl methyl sites for hydroxylation is 1. The third-order valence-corrected chi connectivity index (χ3v) is 7.31. The van der Waals surface area contributed by atoms with E-state index in [-0.39, 0.29) is 47.0 Å². The highest BCUT2D eigenvalue weighted by atomic mass is 35.5. The van der Waals surface area contributed by atoms with Crippen molar-refractivity contribution in [1.82, 2.24) is 0 Å². The van der Waals surface area contributed by atoms with Crippen LogP contribution in [0.1, 0.15) is 49.6 Å². The molecule has 1 N–H and O–H groups in total. The fraction of sp³-hybridized carbons (Fsp3) is 0.483. The Morgan fingerprint density at radius 1 is 1.17 bits per heavy atom. The van der Waals surface area contributed by atoms with E-state index in [0.717, 1.165) is 35.4 Å². The van der Waals surface area contributed by atoms with E-state index in [1.165, 1.54) is 6.08 Å². The van der Waals surface area contributed by atoms with Crippen LogP contribution in [0.5, 0.6) is 0 Å². The summed E-state index contributed by atoms with van der Waals surface area (Å²) >= 11 is 7.43. The van der Waals surface area contributed by atoms with Crippen molar-refractivity contribution in [2.24, 2.45) is 10.2 Å². The Morgan fingerprint density at radius 2 is 1.88 bits per heavy atom. The van der Waals surface area contributed by atoms with Gasteiger partial charge in [-0.1, -0.05) is 24.9 Å². The molecule has 10 nitrogen and oxygen atoms in total. The number of halogens is 1. The van der Waals surface area contributed by atoms with Gasteiger partial charge in [0.05, 0.1) is 42.0 Å². The van der Waals surface area contributed by atoms with Gasteiger partial charge in [-0.2, -0.15) is 10.5 Å². The Bertz CT molecular complexity index is 1300. The topological polar surface area (TPSA) is 141 Å². The first-order valence-electron chi connectivity index (χ1n) is 13.3. The van der Waals surface area contributed by atoms with Crippen molar-refractivity contribution in [1.29, 1.82) is 10.5 Å². The number of hydrogen-bond donors (Lipinski definition) is 1. The van der Waals surface area contributed by atoms with Crippen molar-refractivity contribution in [3.8, 4) is 12.1 Å². The molecule has 1 aromatic carbocycles. The van der Waals surface area contributed by atoms with Crippen LogP contribution in [0.25, 0.3) is 6.08 Å². The maximum absolute atomic E-state index is 12.4. The van der Waals surface area contributed by atoms with Gasteiger partial charge >= 0.3 is 5.97 Å². The lowest BCUT2D eigenvalue weighted by Gasteiger charge is -2.28. The van der Waals surface area contributed by atoms with Crippen molar-refractivity contribution in [3.63, 3.8) is 0 Å². The highest BCUT2D eigenvalue weighted by Crippen LogP contribution is 2.41. The Hall–Kier alpha value is -3.32. The SMILES string of the molecule is CCCCOCCOCCOC(=O)/C(C#N)=C/c1sc(/N=N/c2ccc(N(CCO)C(C)C)cc2C)c(C#N)c1Cl. The van der Waals surface area contributed by atoms with Crippen LogP contribution in [0.15, 0.2) is 34.0 Å². The molecule has 0 atom stereocenters. The molecule has 0 saturated carbocycles. The first-order valence-corrected chi connectivity index (χ1v) is 14.5. The molecule has 0 aliphatic heterocycles. The number of thiophene rings is 1. The summed E-state index contributed by atoms with van der Waals surface area (Å²) in [6.07, 6.45) is 3.33. The molecular formula is C29H36ClN5O5S. The molecule has 0 bridgehead atoms. The second-order valence-electron chi connectivity index (χ2n) is 9.14. The van der Waals surface area contributed by atoms with E-state index in [1.54, 1.807) is 0 Å². The third kappa shape index (κ3) is 10.5. The number of hydrogen-bond acceptors (Lipinski definition) is 11. The number of carbonyl (C=O) groups excluding carboxylic acids is 1. The highest BCUT2D eigenvalue weighted by molar-refractivity contribution is 7.17. The monoisotopic (exact) mass is 601 g/mol. The van der Waals surface area contributed by atoms with Crippen LogP contribution in [0.2, 0.25) is 5.02 Å². The Balaban J connectivity index is 2.10. The number of nitriles is 2. The first kappa shape index (κ1) is 33.9. The van der Waals surface area contributed by atoms with E-state index in [2.05, 4.69) is 22.1 Å². The van der Waals surface area contributed by atoms with Crippen molar-refractivity contribution in [2.75, 3.05) is 51.1 Å². The zero-order valence-electron chi connectivity index (χ0n) is 23.9. The molecule has 0 saturated heterocycles. The van der Waals surface area contributed by atoms with Gasteiger partial charge in [0.15, 0.2) is 5.00 Å². The molecule has 2 rings (SSSR count). The summed E-state index contributed by atoms with van der Waals surface area (Å²) in [6, 6.07) is 9.71. The van der Waals surface area contributed by atoms with Gasteiger partial charge in [0, 0.05) is 24.9 Å². The quantitative estimate of drug-likeness (QED) is 0.0713.